The number of hydrogen-bond acceptors (Lipinski definition) is 5. The molecular formula is C36H57N3O4. The van der Waals surface area contributed by atoms with Crippen LogP contribution in [0, 0.1) is 64.1 Å². The molecule has 2 unspecified atom stereocenters. The van der Waals surface area contributed by atoms with Gasteiger partial charge in [0.1, 0.15) is 6.42 Å². The Morgan fingerprint density at radius 1 is 0.907 bits per heavy atom. The number of rotatable bonds is 3. The van der Waals surface area contributed by atoms with Crippen molar-refractivity contribution >= 4 is 11.8 Å². The number of amides is 2. The van der Waals surface area contributed by atoms with E-state index in [1.165, 1.54) is 44.9 Å². The third-order valence-electron chi connectivity index (χ3n) is 15.4. The van der Waals surface area contributed by atoms with Crippen LogP contribution in [0.1, 0.15) is 98.3 Å². The van der Waals surface area contributed by atoms with Gasteiger partial charge in [0.05, 0.1) is 12.7 Å². The van der Waals surface area contributed by atoms with Crippen LogP contribution in [-0.2, 0) is 19.1 Å². The van der Waals surface area contributed by atoms with E-state index in [0.717, 1.165) is 69.8 Å². The summed E-state index contributed by atoms with van der Waals surface area (Å²) in [6, 6.07) is 0.223. The van der Waals surface area contributed by atoms with Crippen molar-refractivity contribution in [3.05, 3.63) is 0 Å². The first-order valence-electron chi connectivity index (χ1n) is 18.2. The maximum atomic E-state index is 13.0. The van der Waals surface area contributed by atoms with Gasteiger partial charge in [0, 0.05) is 44.6 Å². The molecule has 7 nitrogen and oxygen atoms in total. The first-order chi connectivity index (χ1) is 20.6. The average molecular weight is 596 g/mol. The molecule has 8 fully saturated rings. The van der Waals surface area contributed by atoms with Gasteiger partial charge in [0.15, 0.2) is 5.79 Å². The van der Waals surface area contributed by atoms with Crippen molar-refractivity contribution in [2.45, 2.75) is 116 Å². The Balaban J connectivity index is 0.888. The fourth-order valence-corrected chi connectivity index (χ4v) is 13.0. The lowest BCUT2D eigenvalue weighted by Crippen LogP contribution is -2.56. The first kappa shape index (κ1) is 29.2. The standard InChI is InChI=1S/C36H57N3O4/c1-21-7-12-36(42-20-21)22(2)33-30(43-36)14-29-27-6-5-25-13-26(8-10-34(25,3)28(27)9-11-35(29,33)4)38-31(40)15-32(41)39-18-23-16-37-17-24(23)19-39/h21-30,33,37H,5-20H2,1-4H3,(H,38,40)/t21-,22+,23?,24?,25-,26-,27-,28+,29+,30+,33+,34+,35+,36-/m1/s1. The monoisotopic (exact) mass is 595 g/mol. The molecule has 0 aromatic carbocycles. The molecule has 4 aliphatic heterocycles. The largest absolute Gasteiger partial charge is 0.353 e. The highest BCUT2D eigenvalue weighted by atomic mass is 16.7. The summed E-state index contributed by atoms with van der Waals surface area (Å²) in [4.78, 5) is 27.9. The van der Waals surface area contributed by atoms with E-state index in [2.05, 4.69) is 38.3 Å². The summed E-state index contributed by atoms with van der Waals surface area (Å²) in [6.07, 6.45) is 12.6. The minimum atomic E-state index is -0.325. The Labute approximate surface area is 259 Å². The number of carbonyl (C=O) groups is 2. The van der Waals surface area contributed by atoms with Crippen molar-refractivity contribution in [3.63, 3.8) is 0 Å². The molecule has 1 spiro atoms. The molecule has 4 saturated heterocycles. The molecule has 2 N–H and O–H groups in total. The Morgan fingerprint density at radius 2 is 1.67 bits per heavy atom. The molecule has 240 valence electrons. The van der Waals surface area contributed by atoms with Crippen molar-refractivity contribution in [2.75, 3.05) is 32.8 Å². The number of nitrogens with zero attached hydrogens (tertiary/aromatic N) is 1. The van der Waals surface area contributed by atoms with Gasteiger partial charge in [-0.05, 0) is 116 Å². The molecule has 14 atom stereocenters. The molecule has 4 aliphatic carbocycles. The van der Waals surface area contributed by atoms with Gasteiger partial charge in [-0.1, -0.05) is 27.7 Å². The van der Waals surface area contributed by atoms with E-state index in [1.54, 1.807) is 0 Å². The number of hydrogen-bond donors (Lipinski definition) is 2. The minimum absolute atomic E-state index is 0.0183. The van der Waals surface area contributed by atoms with Crippen LogP contribution in [0.15, 0.2) is 0 Å². The molecule has 8 aliphatic rings. The molecule has 43 heavy (non-hydrogen) atoms. The quantitative estimate of drug-likeness (QED) is 0.450. The molecular weight excluding hydrogens is 538 g/mol. The SMILES string of the molecule is C[C@@H]1CC[C@@]2(OC1)O[C@H]1C[C@H]3[C@@H]4CC[C@@H]5C[C@H](NC(=O)CC(=O)N6CC7CNCC7C6)CC[C@]5(C)[C@H]4CC[C@]3(C)[C@H]1[C@@H]2C. The van der Waals surface area contributed by atoms with E-state index in [4.69, 9.17) is 9.47 Å². The van der Waals surface area contributed by atoms with Gasteiger partial charge >= 0.3 is 0 Å². The van der Waals surface area contributed by atoms with Crippen molar-refractivity contribution in [1.82, 2.24) is 15.5 Å². The van der Waals surface area contributed by atoms with E-state index in [-0.39, 0.29) is 30.1 Å². The molecule has 0 radical (unpaired) electrons. The lowest BCUT2D eigenvalue weighted by molar-refractivity contribution is -0.273. The Bertz CT molecular complexity index is 1110. The van der Waals surface area contributed by atoms with Crippen LogP contribution in [0.4, 0.5) is 0 Å². The predicted octanol–water partition coefficient (Wildman–Crippen LogP) is 4.99. The molecule has 2 amide bonds. The zero-order valence-electron chi connectivity index (χ0n) is 27.2. The van der Waals surface area contributed by atoms with Crippen LogP contribution < -0.4 is 10.6 Å². The fraction of sp³-hybridized carbons (Fsp3) is 0.944. The van der Waals surface area contributed by atoms with E-state index in [1.807, 2.05) is 4.90 Å². The van der Waals surface area contributed by atoms with E-state index in [0.29, 0.717) is 52.4 Å². The van der Waals surface area contributed by atoms with E-state index in [9.17, 15) is 9.59 Å². The van der Waals surface area contributed by atoms with Gasteiger partial charge in [0.2, 0.25) is 11.8 Å². The Morgan fingerprint density at radius 3 is 2.42 bits per heavy atom. The maximum Gasteiger partial charge on any atom is 0.232 e. The third-order valence-corrected chi connectivity index (χ3v) is 15.4. The van der Waals surface area contributed by atoms with Crippen LogP contribution >= 0.6 is 0 Å². The molecule has 7 heteroatoms. The summed E-state index contributed by atoms with van der Waals surface area (Å²) >= 11 is 0. The van der Waals surface area contributed by atoms with Crippen molar-refractivity contribution in [1.29, 1.82) is 0 Å². The lowest BCUT2D eigenvalue weighted by Gasteiger charge is -2.61. The summed E-state index contributed by atoms with van der Waals surface area (Å²) < 4.78 is 13.5. The van der Waals surface area contributed by atoms with Crippen LogP contribution in [-0.4, -0.2) is 67.4 Å². The van der Waals surface area contributed by atoms with Gasteiger partial charge < -0.3 is 25.0 Å². The number of likely N-dealkylation sites (tertiary alicyclic amines) is 1. The topological polar surface area (TPSA) is 79.9 Å². The summed E-state index contributed by atoms with van der Waals surface area (Å²) in [5, 5.41) is 6.75. The van der Waals surface area contributed by atoms with Gasteiger partial charge in [-0.3, -0.25) is 9.59 Å². The Hall–Kier alpha value is -1.18. The molecule has 4 saturated carbocycles. The second-order valence-electron chi connectivity index (χ2n) is 17.4. The molecule has 0 aromatic rings. The number of carbonyl (C=O) groups excluding carboxylic acids is 2. The molecule has 4 heterocycles. The maximum absolute atomic E-state index is 13.0. The predicted molar refractivity (Wildman–Crippen MR) is 165 cm³/mol. The van der Waals surface area contributed by atoms with Gasteiger partial charge in [-0.15, -0.1) is 0 Å². The highest BCUT2D eigenvalue weighted by Gasteiger charge is 2.69. The van der Waals surface area contributed by atoms with E-state index >= 15 is 0 Å². The van der Waals surface area contributed by atoms with Crippen LogP contribution in [0.25, 0.3) is 0 Å². The summed E-state index contributed by atoms with van der Waals surface area (Å²) in [5.41, 5.74) is 0.739. The minimum Gasteiger partial charge on any atom is -0.353 e. The zero-order valence-corrected chi connectivity index (χ0v) is 27.2. The van der Waals surface area contributed by atoms with Crippen molar-refractivity contribution in [3.8, 4) is 0 Å². The highest BCUT2D eigenvalue weighted by molar-refractivity contribution is 5.97. The number of ether oxygens (including phenoxy) is 2. The fourth-order valence-electron chi connectivity index (χ4n) is 13.0. The highest BCUT2D eigenvalue weighted by Crippen LogP contribution is 2.71. The molecule has 8 rings (SSSR count). The number of fused-ring (bicyclic) bond motifs is 8. The van der Waals surface area contributed by atoms with Crippen LogP contribution in [0.5, 0.6) is 0 Å². The van der Waals surface area contributed by atoms with Crippen LogP contribution in [0.3, 0.4) is 0 Å². The normalized spacial score (nSPS) is 53.6. The summed E-state index contributed by atoms with van der Waals surface area (Å²) in [7, 11) is 0. The summed E-state index contributed by atoms with van der Waals surface area (Å²) in [6.45, 7) is 14.5. The first-order valence-corrected chi connectivity index (χ1v) is 18.2. The van der Waals surface area contributed by atoms with Gasteiger partial charge in [-0.25, -0.2) is 0 Å². The zero-order chi connectivity index (χ0) is 29.7. The third kappa shape index (κ3) is 4.51. The lowest BCUT2D eigenvalue weighted by atomic mass is 9.44. The smallest absolute Gasteiger partial charge is 0.232 e. The van der Waals surface area contributed by atoms with Crippen molar-refractivity contribution < 1.29 is 19.1 Å². The number of nitrogens with one attached hydrogen (secondary N) is 2. The average Bonchev–Trinajstić information content (AvgIpc) is 3.71. The Kier molecular flexibility index (Phi) is 7.08. The van der Waals surface area contributed by atoms with Crippen molar-refractivity contribution in [2.24, 2.45) is 64.1 Å². The van der Waals surface area contributed by atoms with Gasteiger partial charge in [0.25, 0.3) is 0 Å². The second kappa shape index (κ2) is 10.4. The van der Waals surface area contributed by atoms with Gasteiger partial charge in [-0.2, -0.15) is 0 Å². The summed E-state index contributed by atoms with van der Waals surface area (Å²) in [5.74, 6) is 5.59. The van der Waals surface area contributed by atoms with E-state index < -0.39 is 0 Å². The van der Waals surface area contributed by atoms with Crippen LogP contribution in [0.2, 0.25) is 0 Å². The second-order valence-corrected chi connectivity index (χ2v) is 17.4. The molecule has 0 aromatic heterocycles. The molecule has 0 bridgehead atoms.